The van der Waals surface area contributed by atoms with Gasteiger partial charge >= 0.3 is 0 Å². The number of rotatable bonds is 18. The molecule has 0 saturated heterocycles. The first-order valence-corrected chi connectivity index (χ1v) is 19.9. The molecule has 1 aliphatic rings. The quantitative estimate of drug-likeness (QED) is 0.0473. The van der Waals surface area contributed by atoms with Gasteiger partial charge in [-0.15, -0.1) is 5.75 Å². The largest absolute Gasteiger partial charge is 0.872 e. The number of hydrogen-bond acceptors (Lipinski definition) is 7. The first kappa shape index (κ1) is 42.1. The average molecular weight is 736 g/mol. The highest BCUT2D eigenvalue weighted by molar-refractivity contribution is 5.67. The number of hydrogen-bond donors (Lipinski definition) is 1. The van der Waals surface area contributed by atoms with Crippen LogP contribution in [0, 0.1) is 10.1 Å². The Kier molecular flexibility index (Phi) is 15.3. The number of benzene rings is 4. The lowest BCUT2D eigenvalue weighted by molar-refractivity contribution is -0.929. The summed E-state index contributed by atoms with van der Waals surface area (Å²) in [6.07, 6.45) is 11.1. The first-order valence-electron chi connectivity index (χ1n) is 19.9. The Balaban J connectivity index is 0.000000324. The van der Waals surface area contributed by atoms with Crippen LogP contribution in [-0.4, -0.2) is 40.7 Å². The second-order valence-electron chi connectivity index (χ2n) is 15.2. The number of fused-ring (bicyclic) bond motifs is 1. The van der Waals surface area contributed by atoms with Crippen molar-refractivity contribution >= 4 is 22.7 Å². The van der Waals surface area contributed by atoms with Crippen LogP contribution in [0.3, 0.4) is 0 Å². The summed E-state index contributed by atoms with van der Waals surface area (Å²) in [4.78, 5) is 12.3. The molecule has 0 radical (unpaired) electrons. The molecular formula is C45H61N5O4. The molecule has 0 amide bonds. The van der Waals surface area contributed by atoms with Gasteiger partial charge in [0, 0.05) is 35.3 Å². The molecule has 4 aromatic carbocycles. The number of nitrogens with zero attached hydrogens (tertiary/aromatic N) is 5. The lowest BCUT2D eigenvalue weighted by Crippen LogP contribution is -2.52. The van der Waals surface area contributed by atoms with Crippen LogP contribution in [0.5, 0.6) is 5.75 Å². The van der Waals surface area contributed by atoms with E-state index in [-0.39, 0.29) is 18.0 Å². The Bertz CT molecular complexity index is 1760. The van der Waals surface area contributed by atoms with Gasteiger partial charge in [-0.2, -0.15) is 10.2 Å². The molecule has 5 rings (SSSR count). The first-order chi connectivity index (χ1) is 26.0. The summed E-state index contributed by atoms with van der Waals surface area (Å²) in [5.41, 5.74) is 1.85. The van der Waals surface area contributed by atoms with E-state index in [0.29, 0.717) is 16.9 Å². The fraction of sp³-hybridized carbons (Fsp3) is 0.467. The number of nitro groups is 1. The van der Waals surface area contributed by atoms with Crippen molar-refractivity contribution in [3.63, 3.8) is 0 Å². The second-order valence-corrected chi connectivity index (χ2v) is 15.2. The minimum absolute atomic E-state index is 0.0309. The zero-order valence-electron chi connectivity index (χ0n) is 33.3. The average Bonchev–Trinajstić information content (AvgIpc) is 3.36. The molecule has 1 atom stereocenters. The van der Waals surface area contributed by atoms with Gasteiger partial charge in [0.05, 0.1) is 42.5 Å². The molecule has 0 aromatic heterocycles. The predicted molar refractivity (Wildman–Crippen MR) is 219 cm³/mol. The van der Waals surface area contributed by atoms with Crippen molar-refractivity contribution in [3.8, 4) is 5.75 Å². The van der Waals surface area contributed by atoms with E-state index in [1.54, 1.807) is 12.1 Å². The van der Waals surface area contributed by atoms with Crippen LogP contribution in [0.1, 0.15) is 110 Å². The van der Waals surface area contributed by atoms with Gasteiger partial charge < -0.3 is 19.6 Å². The number of unbranched alkanes of at least 4 members (excludes halogenated alkanes) is 4. The van der Waals surface area contributed by atoms with E-state index < -0.39 is 16.1 Å². The number of aliphatic hydroxyl groups is 1. The molecule has 0 fully saturated rings. The van der Waals surface area contributed by atoms with E-state index in [0.717, 1.165) is 16.8 Å². The van der Waals surface area contributed by atoms with Crippen LogP contribution in [0.15, 0.2) is 107 Å². The maximum Gasteiger partial charge on any atom is 0.269 e. The maximum atomic E-state index is 12.9. The zero-order valence-corrected chi connectivity index (χ0v) is 33.3. The Labute approximate surface area is 323 Å². The van der Waals surface area contributed by atoms with Crippen molar-refractivity contribution in [2.45, 2.75) is 111 Å². The molecule has 9 nitrogen and oxygen atoms in total. The van der Waals surface area contributed by atoms with E-state index >= 15 is 0 Å². The summed E-state index contributed by atoms with van der Waals surface area (Å²) in [5, 5.41) is 44.5. The number of quaternary nitrogens is 1. The van der Waals surface area contributed by atoms with Gasteiger partial charge in [-0.25, -0.2) is 0 Å². The van der Waals surface area contributed by atoms with Crippen LogP contribution >= 0.6 is 0 Å². The highest BCUT2D eigenvalue weighted by Crippen LogP contribution is 2.56. The molecule has 0 spiro atoms. The van der Waals surface area contributed by atoms with Crippen molar-refractivity contribution < 1.29 is 19.6 Å². The van der Waals surface area contributed by atoms with E-state index in [9.17, 15) is 20.3 Å². The standard InChI is InChI=1S/C29H26N4O4.C16H36N/c1-28(2)25-10-6-7-11-26(25)32(29(28,35)21-8-4-3-5-9-21)19-20-18-23(14-17-27(20)34)31-30-22-12-15-24(16-13-22)33(36)37;1-5-9-13-17(14-10-6-2,15-11-7-3)16-12-8-4/h3-18,34-35H,19H2,1-2H3;5-16H2,1-4H3/q;+1/p-1. The summed E-state index contributed by atoms with van der Waals surface area (Å²) in [5.74, 6) is -0.174. The Morgan fingerprint density at radius 3 is 1.74 bits per heavy atom. The molecule has 0 aliphatic carbocycles. The lowest BCUT2D eigenvalue weighted by atomic mass is 9.74. The summed E-state index contributed by atoms with van der Waals surface area (Å²) in [7, 11) is 0. The Morgan fingerprint density at radius 1 is 0.704 bits per heavy atom. The van der Waals surface area contributed by atoms with Gasteiger partial charge in [0.1, 0.15) is 0 Å². The highest BCUT2D eigenvalue weighted by atomic mass is 16.6. The molecule has 54 heavy (non-hydrogen) atoms. The molecule has 0 bridgehead atoms. The zero-order chi connectivity index (χ0) is 39.2. The van der Waals surface area contributed by atoms with E-state index in [1.807, 2.05) is 73.3 Å². The molecule has 4 aromatic rings. The van der Waals surface area contributed by atoms with Crippen molar-refractivity contribution in [1.29, 1.82) is 0 Å². The third-order valence-corrected chi connectivity index (χ3v) is 11.0. The van der Waals surface area contributed by atoms with Crippen LogP contribution in [0.4, 0.5) is 22.7 Å². The summed E-state index contributed by atoms with van der Waals surface area (Å²) in [6, 6.07) is 27.7. The van der Waals surface area contributed by atoms with Crippen LogP contribution in [-0.2, 0) is 17.7 Å². The fourth-order valence-electron chi connectivity index (χ4n) is 7.65. The highest BCUT2D eigenvalue weighted by Gasteiger charge is 2.57. The van der Waals surface area contributed by atoms with Crippen LogP contribution < -0.4 is 10.0 Å². The van der Waals surface area contributed by atoms with E-state index in [1.165, 1.54) is 112 Å². The van der Waals surface area contributed by atoms with Gasteiger partial charge in [0.15, 0.2) is 5.72 Å². The molecule has 9 heteroatoms. The summed E-state index contributed by atoms with van der Waals surface area (Å²) >= 11 is 0. The molecular weight excluding hydrogens is 675 g/mol. The maximum absolute atomic E-state index is 12.9. The van der Waals surface area contributed by atoms with Crippen LogP contribution in [0.2, 0.25) is 0 Å². The number of anilines is 1. The lowest BCUT2D eigenvalue weighted by Gasteiger charge is -2.44. The molecule has 1 aliphatic heterocycles. The molecule has 1 unspecified atom stereocenters. The molecule has 1 heterocycles. The Hall–Kier alpha value is -4.60. The number of nitro benzene ring substituents is 1. The second kappa shape index (κ2) is 19.6. The SMILES string of the molecule is CC1(C)c2ccccc2N(Cc2cc(N=Nc3ccc([N+](=O)[O-])cc3)ccc2[O-])C1(O)c1ccccc1.CCCC[N+](CCCC)(CCCC)CCCC. The van der Waals surface area contributed by atoms with Gasteiger partial charge in [0.25, 0.3) is 5.69 Å². The monoisotopic (exact) mass is 735 g/mol. The summed E-state index contributed by atoms with van der Waals surface area (Å²) < 4.78 is 1.42. The third kappa shape index (κ3) is 9.93. The van der Waals surface area contributed by atoms with E-state index in [4.69, 9.17) is 0 Å². The van der Waals surface area contributed by atoms with Crippen LogP contribution in [0.25, 0.3) is 0 Å². The van der Waals surface area contributed by atoms with Gasteiger partial charge in [-0.05, 0) is 67.1 Å². The van der Waals surface area contributed by atoms with Gasteiger partial charge in [-0.1, -0.05) is 122 Å². The number of para-hydroxylation sites is 1. The van der Waals surface area contributed by atoms with Gasteiger partial charge in [-0.3, -0.25) is 10.1 Å². The van der Waals surface area contributed by atoms with Crippen molar-refractivity contribution in [2.75, 3.05) is 31.1 Å². The predicted octanol–water partition coefficient (Wildman–Crippen LogP) is 11.2. The smallest absolute Gasteiger partial charge is 0.269 e. The minimum atomic E-state index is -1.40. The van der Waals surface area contributed by atoms with Crippen molar-refractivity contribution in [3.05, 3.63) is 124 Å². The topological polar surface area (TPSA) is 114 Å². The van der Waals surface area contributed by atoms with Crippen molar-refractivity contribution in [1.82, 2.24) is 0 Å². The third-order valence-electron chi connectivity index (χ3n) is 11.0. The normalized spacial score (nSPS) is 16.2. The minimum Gasteiger partial charge on any atom is -0.872 e. The van der Waals surface area contributed by atoms with Gasteiger partial charge in [0.2, 0.25) is 0 Å². The fourth-order valence-corrected chi connectivity index (χ4v) is 7.65. The molecule has 0 saturated carbocycles. The summed E-state index contributed by atoms with van der Waals surface area (Å²) in [6.45, 7) is 19.2. The number of non-ortho nitro benzene ring substituents is 1. The molecule has 290 valence electrons. The van der Waals surface area contributed by atoms with E-state index in [2.05, 4.69) is 37.9 Å². The molecule has 1 N–H and O–H groups in total. The Morgan fingerprint density at radius 2 is 1.20 bits per heavy atom. The number of azo groups is 1. The van der Waals surface area contributed by atoms with Crippen molar-refractivity contribution in [2.24, 2.45) is 10.2 Å².